The minimum Gasteiger partial charge on any atom is -0.356 e. The van der Waals surface area contributed by atoms with Gasteiger partial charge in [-0.05, 0) is 69.7 Å². The number of nitrogens with zero attached hydrogens (tertiary/aromatic N) is 1. The number of rotatable bonds is 5. The van der Waals surface area contributed by atoms with Gasteiger partial charge in [-0.2, -0.15) is 0 Å². The summed E-state index contributed by atoms with van der Waals surface area (Å²) in [6.07, 6.45) is 6.87. The molecule has 1 aliphatic carbocycles. The quantitative estimate of drug-likeness (QED) is 0.822. The lowest BCUT2D eigenvalue weighted by molar-refractivity contribution is -0.135. The van der Waals surface area contributed by atoms with Crippen LogP contribution in [0.4, 0.5) is 5.69 Å². The maximum atomic E-state index is 13.5. The van der Waals surface area contributed by atoms with Gasteiger partial charge in [-0.3, -0.25) is 9.59 Å². The molecule has 0 radical (unpaired) electrons. The van der Waals surface area contributed by atoms with Gasteiger partial charge in [0.2, 0.25) is 11.8 Å². The fourth-order valence-electron chi connectivity index (χ4n) is 5.31. The van der Waals surface area contributed by atoms with Crippen LogP contribution in [0.5, 0.6) is 0 Å². The number of hydrogen-bond donors (Lipinski definition) is 2. The number of nitrogens with one attached hydrogen (secondary N) is 2. The fourth-order valence-corrected chi connectivity index (χ4v) is 5.31. The van der Waals surface area contributed by atoms with E-state index in [1.54, 1.807) is 0 Å². The molecule has 2 fully saturated rings. The average molecular weight is 384 g/mol. The summed E-state index contributed by atoms with van der Waals surface area (Å²) in [5, 5.41) is 6.52. The molecule has 4 rings (SSSR count). The van der Waals surface area contributed by atoms with Gasteiger partial charge in [0.05, 0.1) is 5.92 Å². The Bertz CT molecular complexity index is 714. The first kappa shape index (κ1) is 19.4. The SMILES string of the molecule is CC1Cc2ccccc2N1C(=O)C1CCCCC1C(=O)NCCC1CCNC1. The van der Waals surface area contributed by atoms with Crippen molar-refractivity contribution in [3.05, 3.63) is 29.8 Å². The third-order valence-corrected chi connectivity index (χ3v) is 6.88. The summed E-state index contributed by atoms with van der Waals surface area (Å²) >= 11 is 0. The molecule has 5 heteroatoms. The zero-order valence-corrected chi connectivity index (χ0v) is 17.0. The fraction of sp³-hybridized carbons (Fsp3) is 0.652. The van der Waals surface area contributed by atoms with Crippen LogP contribution in [0.15, 0.2) is 24.3 Å². The smallest absolute Gasteiger partial charge is 0.231 e. The Balaban J connectivity index is 1.41. The predicted molar refractivity (Wildman–Crippen MR) is 111 cm³/mol. The Morgan fingerprint density at radius 3 is 2.71 bits per heavy atom. The first-order valence-electron chi connectivity index (χ1n) is 11.0. The molecule has 0 bridgehead atoms. The number of carbonyl (C=O) groups excluding carboxylic acids is 2. The molecule has 2 amide bonds. The summed E-state index contributed by atoms with van der Waals surface area (Å²) < 4.78 is 0. The van der Waals surface area contributed by atoms with E-state index in [0.717, 1.165) is 63.8 Å². The Morgan fingerprint density at radius 2 is 1.93 bits per heavy atom. The van der Waals surface area contributed by atoms with Gasteiger partial charge in [-0.25, -0.2) is 0 Å². The highest BCUT2D eigenvalue weighted by atomic mass is 16.2. The van der Waals surface area contributed by atoms with Crippen molar-refractivity contribution in [3.8, 4) is 0 Å². The van der Waals surface area contributed by atoms with Gasteiger partial charge >= 0.3 is 0 Å². The first-order valence-corrected chi connectivity index (χ1v) is 11.0. The minimum atomic E-state index is -0.185. The van der Waals surface area contributed by atoms with E-state index in [1.807, 2.05) is 23.1 Å². The molecule has 1 saturated heterocycles. The molecule has 0 aromatic heterocycles. The molecule has 2 N–H and O–H groups in total. The van der Waals surface area contributed by atoms with Crippen molar-refractivity contribution >= 4 is 17.5 Å². The van der Waals surface area contributed by atoms with E-state index in [9.17, 15) is 9.59 Å². The topological polar surface area (TPSA) is 61.4 Å². The second-order valence-electron chi connectivity index (χ2n) is 8.83. The molecule has 1 aromatic rings. The lowest BCUT2D eigenvalue weighted by Crippen LogP contribution is -2.47. The number of fused-ring (bicyclic) bond motifs is 1. The van der Waals surface area contributed by atoms with Crippen LogP contribution >= 0.6 is 0 Å². The van der Waals surface area contributed by atoms with Crippen molar-refractivity contribution in [2.45, 2.75) is 57.9 Å². The molecule has 4 atom stereocenters. The van der Waals surface area contributed by atoms with Gasteiger partial charge in [0.25, 0.3) is 0 Å². The average Bonchev–Trinajstić information content (AvgIpc) is 3.34. The molecule has 1 aromatic carbocycles. The standard InChI is InChI=1S/C23H33N3O2/c1-16-14-18-6-2-5-9-21(18)26(16)23(28)20-8-4-3-7-19(20)22(27)25-13-11-17-10-12-24-15-17/h2,5-6,9,16-17,19-20,24H,3-4,7-8,10-15H2,1H3,(H,25,27). The van der Waals surface area contributed by atoms with Gasteiger partial charge in [0.1, 0.15) is 0 Å². The molecule has 1 saturated carbocycles. The van der Waals surface area contributed by atoms with Crippen LogP contribution in [0, 0.1) is 17.8 Å². The predicted octanol–water partition coefficient (Wildman–Crippen LogP) is 2.89. The van der Waals surface area contributed by atoms with Crippen molar-refractivity contribution in [2.75, 3.05) is 24.5 Å². The lowest BCUT2D eigenvalue weighted by Gasteiger charge is -2.34. The largest absolute Gasteiger partial charge is 0.356 e. The van der Waals surface area contributed by atoms with E-state index in [-0.39, 0.29) is 29.7 Å². The van der Waals surface area contributed by atoms with E-state index < -0.39 is 0 Å². The van der Waals surface area contributed by atoms with Gasteiger partial charge in [0.15, 0.2) is 0 Å². The van der Waals surface area contributed by atoms with Gasteiger partial charge in [0, 0.05) is 24.2 Å². The van der Waals surface area contributed by atoms with E-state index in [0.29, 0.717) is 5.92 Å². The summed E-state index contributed by atoms with van der Waals surface area (Å²) in [6, 6.07) is 8.37. The van der Waals surface area contributed by atoms with Crippen LogP contribution in [0.3, 0.4) is 0 Å². The van der Waals surface area contributed by atoms with Gasteiger partial charge < -0.3 is 15.5 Å². The van der Waals surface area contributed by atoms with Crippen LogP contribution in [0.2, 0.25) is 0 Å². The zero-order valence-electron chi connectivity index (χ0n) is 17.0. The molecule has 28 heavy (non-hydrogen) atoms. The molecular formula is C23H33N3O2. The Morgan fingerprint density at radius 1 is 1.14 bits per heavy atom. The Labute approximate surface area is 168 Å². The highest BCUT2D eigenvalue weighted by Gasteiger charge is 2.41. The second kappa shape index (κ2) is 8.64. The highest BCUT2D eigenvalue weighted by Crippen LogP contribution is 2.38. The summed E-state index contributed by atoms with van der Waals surface area (Å²) in [7, 11) is 0. The van der Waals surface area contributed by atoms with Crippen molar-refractivity contribution in [1.82, 2.24) is 10.6 Å². The van der Waals surface area contributed by atoms with Gasteiger partial charge in [-0.1, -0.05) is 31.0 Å². The zero-order chi connectivity index (χ0) is 19.5. The van der Waals surface area contributed by atoms with Crippen LogP contribution < -0.4 is 15.5 Å². The van der Waals surface area contributed by atoms with E-state index >= 15 is 0 Å². The Kier molecular flexibility index (Phi) is 6.00. The van der Waals surface area contributed by atoms with Crippen LogP contribution in [0.1, 0.15) is 51.0 Å². The van der Waals surface area contributed by atoms with Crippen molar-refractivity contribution < 1.29 is 9.59 Å². The van der Waals surface area contributed by atoms with E-state index in [1.165, 1.54) is 12.0 Å². The molecule has 2 aliphatic heterocycles. The summed E-state index contributed by atoms with van der Waals surface area (Å²) in [5.74, 6) is 0.547. The maximum Gasteiger partial charge on any atom is 0.231 e. The second-order valence-corrected chi connectivity index (χ2v) is 8.83. The number of hydrogen-bond acceptors (Lipinski definition) is 3. The maximum absolute atomic E-state index is 13.5. The number of anilines is 1. The van der Waals surface area contributed by atoms with Crippen molar-refractivity contribution in [3.63, 3.8) is 0 Å². The van der Waals surface area contributed by atoms with E-state index in [4.69, 9.17) is 0 Å². The Hall–Kier alpha value is -1.88. The number of amides is 2. The lowest BCUT2D eigenvalue weighted by atomic mass is 9.77. The monoisotopic (exact) mass is 383 g/mol. The number of para-hydroxylation sites is 1. The highest BCUT2D eigenvalue weighted by molar-refractivity contribution is 6.00. The third-order valence-electron chi connectivity index (χ3n) is 6.88. The molecule has 0 spiro atoms. The van der Waals surface area contributed by atoms with Crippen molar-refractivity contribution in [2.24, 2.45) is 17.8 Å². The number of carbonyl (C=O) groups is 2. The van der Waals surface area contributed by atoms with Gasteiger partial charge in [-0.15, -0.1) is 0 Å². The first-order chi connectivity index (χ1) is 13.6. The van der Waals surface area contributed by atoms with E-state index in [2.05, 4.69) is 23.6 Å². The van der Waals surface area contributed by atoms with Crippen molar-refractivity contribution in [1.29, 1.82) is 0 Å². The molecule has 4 unspecified atom stereocenters. The molecule has 152 valence electrons. The van der Waals surface area contributed by atoms with Crippen LogP contribution in [0.25, 0.3) is 0 Å². The molecule has 2 heterocycles. The molecule has 5 nitrogen and oxygen atoms in total. The number of benzene rings is 1. The van der Waals surface area contributed by atoms with Crippen LogP contribution in [-0.4, -0.2) is 37.5 Å². The normalized spacial score (nSPS) is 29.5. The summed E-state index contributed by atoms with van der Waals surface area (Å²) in [6.45, 7) is 5.00. The molecule has 3 aliphatic rings. The van der Waals surface area contributed by atoms with Crippen LogP contribution in [-0.2, 0) is 16.0 Å². The minimum absolute atomic E-state index is 0.0872. The summed E-state index contributed by atoms with van der Waals surface area (Å²) in [4.78, 5) is 28.4. The molecular weight excluding hydrogens is 350 g/mol. The third kappa shape index (κ3) is 3.95. The summed E-state index contributed by atoms with van der Waals surface area (Å²) in [5.41, 5.74) is 2.28.